The van der Waals surface area contributed by atoms with Crippen molar-refractivity contribution in [2.45, 2.75) is 38.6 Å². The molecule has 94 valence electrons. The van der Waals surface area contributed by atoms with Crippen LogP contribution in [0.25, 0.3) is 0 Å². The minimum absolute atomic E-state index is 0.0547. The molecule has 1 unspecified atom stereocenters. The van der Waals surface area contributed by atoms with Gasteiger partial charge in [-0.3, -0.25) is 4.79 Å². The first-order chi connectivity index (χ1) is 7.93. The van der Waals surface area contributed by atoms with E-state index in [4.69, 9.17) is 0 Å². The average Bonchev–Trinajstić information content (AvgIpc) is 2.73. The SMILES string of the molecule is CC(C)C1(Cc2cc(Br)c(Br)s2)CCC(=O)N1. The number of carbonyl (C=O) groups is 1. The number of rotatable bonds is 3. The van der Waals surface area contributed by atoms with Crippen LogP contribution in [0.3, 0.4) is 0 Å². The fraction of sp³-hybridized carbons (Fsp3) is 0.583. The van der Waals surface area contributed by atoms with E-state index < -0.39 is 0 Å². The van der Waals surface area contributed by atoms with Gasteiger partial charge in [-0.2, -0.15) is 0 Å². The number of carbonyl (C=O) groups excluding carboxylic acids is 1. The first kappa shape index (κ1) is 13.6. The van der Waals surface area contributed by atoms with Crippen molar-refractivity contribution >= 4 is 49.1 Å². The lowest BCUT2D eigenvalue weighted by atomic mass is 9.81. The molecule has 0 bridgehead atoms. The van der Waals surface area contributed by atoms with E-state index in [9.17, 15) is 4.79 Å². The number of amides is 1. The standard InChI is InChI=1S/C12H15Br2NOS/c1-7(2)12(4-3-10(16)15-12)6-8-5-9(13)11(14)17-8/h5,7H,3-4,6H2,1-2H3,(H,15,16). The molecule has 2 heterocycles. The highest BCUT2D eigenvalue weighted by Crippen LogP contribution is 2.38. The van der Waals surface area contributed by atoms with Gasteiger partial charge in [-0.15, -0.1) is 11.3 Å². The van der Waals surface area contributed by atoms with E-state index in [1.54, 1.807) is 11.3 Å². The second-order valence-electron chi connectivity index (χ2n) is 4.87. The van der Waals surface area contributed by atoms with Crippen LogP contribution in [0, 0.1) is 5.92 Å². The Labute approximate surface area is 122 Å². The van der Waals surface area contributed by atoms with Crippen LogP contribution in [0.4, 0.5) is 0 Å². The molecule has 0 spiro atoms. The third-order valence-corrected chi connectivity index (χ3v) is 6.73. The molecule has 0 aliphatic carbocycles. The Kier molecular flexibility index (Phi) is 4.00. The Morgan fingerprint density at radius 2 is 2.24 bits per heavy atom. The van der Waals surface area contributed by atoms with Crippen LogP contribution in [0.15, 0.2) is 14.3 Å². The number of hydrogen-bond donors (Lipinski definition) is 1. The summed E-state index contributed by atoms with van der Waals surface area (Å²) >= 11 is 8.76. The minimum atomic E-state index is -0.0547. The normalized spacial score (nSPS) is 24.4. The summed E-state index contributed by atoms with van der Waals surface area (Å²) in [5.74, 6) is 0.641. The van der Waals surface area contributed by atoms with Crippen molar-refractivity contribution in [1.29, 1.82) is 0 Å². The molecule has 1 amide bonds. The van der Waals surface area contributed by atoms with Crippen LogP contribution >= 0.6 is 43.2 Å². The van der Waals surface area contributed by atoms with E-state index in [0.29, 0.717) is 12.3 Å². The van der Waals surface area contributed by atoms with Crippen molar-refractivity contribution < 1.29 is 4.79 Å². The van der Waals surface area contributed by atoms with Crippen LogP contribution in [0.5, 0.6) is 0 Å². The molecular formula is C12H15Br2NOS. The van der Waals surface area contributed by atoms with Crippen LogP contribution in [-0.2, 0) is 11.2 Å². The van der Waals surface area contributed by atoms with Crippen LogP contribution < -0.4 is 5.32 Å². The summed E-state index contributed by atoms with van der Waals surface area (Å²) in [6.07, 6.45) is 2.52. The molecule has 1 aliphatic heterocycles. The van der Waals surface area contributed by atoms with E-state index in [1.807, 2.05) is 0 Å². The monoisotopic (exact) mass is 379 g/mol. The third-order valence-electron chi connectivity index (χ3n) is 3.48. The van der Waals surface area contributed by atoms with E-state index in [2.05, 4.69) is 57.1 Å². The fourth-order valence-electron chi connectivity index (χ4n) is 2.30. The number of hydrogen-bond acceptors (Lipinski definition) is 2. The topological polar surface area (TPSA) is 29.1 Å². The van der Waals surface area contributed by atoms with Gasteiger partial charge in [0.15, 0.2) is 0 Å². The van der Waals surface area contributed by atoms with Gasteiger partial charge in [0.2, 0.25) is 5.91 Å². The molecule has 1 aromatic rings. The average molecular weight is 381 g/mol. The zero-order chi connectivity index (χ0) is 12.6. The molecule has 1 saturated heterocycles. The van der Waals surface area contributed by atoms with Crippen molar-refractivity contribution in [1.82, 2.24) is 5.32 Å². The molecule has 17 heavy (non-hydrogen) atoms. The van der Waals surface area contributed by atoms with Gasteiger partial charge in [0.05, 0.1) is 3.79 Å². The Hall–Kier alpha value is 0.130. The summed E-state index contributed by atoms with van der Waals surface area (Å²) in [5.41, 5.74) is -0.0547. The summed E-state index contributed by atoms with van der Waals surface area (Å²) < 4.78 is 2.22. The predicted octanol–water partition coefficient (Wildman–Crippen LogP) is 4.12. The Bertz CT molecular complexity index is 424. The van der Waals surface area contributed by atoms with Crippen LogP contribution in [0.1, 0.15) is 31.6 Å². The molecule has 1 aliphatic rings. The van der Waals surface area contributed by atoms with E-state index >= 15 is 0 Å². The summed E-state index contributed by atoms with van der Waals surface area (Å²) in [5, 5.41) is 3.18. The first-order valence-electron chi connectivity index (χ1n) is 5.68. The van der Waals surface area contributed by atoms with Crippen molar-refractivity contribution in [3.8, 4) is 0 Å². The highest BCUT2D eigenvalue weighted by Gasteiger charge is 2.40. The zero-order valence-electron chi connectivity index (χ0n) is 9.85. The smallest absolute Gasteiger partial charge is 0.220 e. The molecule has 5 heteroatoms. The van der Waals surface area contributed by atoms with Crippen molar-refractivity contribution in [2.75, 3.05) is 0 Å². The lowest BCUT2D eigenvalue weighted by molar-refractivity contribution is -0.120. The third kappa shape index (κ3) is 2.76. The summed E-state index contributed by atoms with van der Waals surface area (Å²) in [6.45, 7) is 4.37. The Morgan fingerprint density at radius 3 is 2.65 bits per heavy atom. The minimum Gasteiger partial charge on any atom is -0.350 e. The molecular weight excluding hydrogens is 366 g/mol. The Balaban J connectivity index is 2.22. The van der Waals surface area contributed by atoms with Crippen LogP contribution in [-0.4, -0.2) is 11.4 Å². The van der Waals surface area contributed by atoms with Crippen molar-refractivity contribution in [3.05, 3.63) is 19.2 Å². The quantitative estimate of drug-likeness (QED) is 0.839. The lowest BCUT2D eigenvalue weighted by Crippen LogP contribution is -2.47. The maximum absolute atomic E-state index is 11.5. The van der Waals surface area contributed by atoms with Crippen LogP contribution in [0.2, 0.25) is 0 Å². The van der Waals surface area contributed by atoms with E-state index in [0.717, 1.165) is 21.1 Å². The van der Waals surface area contributed by atoms with Gasteiger partial charge in [0.1, 0.15) is 0 Å². The molecule has 1 atom stereocenters. The molecule has 1 aromatic heterocycles. The largest absolute Gasteiger partial charge is 0.350 e. The molecule has 1 N–H and O–H groups in total. The first-order valence-corrected chi connectivity index (χ1v) is 8.08. The second-order valence-corrected chi connectivity index (χ2v) is 8.18. The van der Waals surface area contributed by atoms with Crippen molar-refractivity contribution in [3.63, 3.8) is 0 Å². The molecule has 0 aromatic carbocycles. The van der Waals surface area contributed by atoms with E-state index in [1.165, 1.54) is 4.88 Å². The summed E-state index contributed by atoms with van der Waals surface area (Å²) in [6, 6.07) is 2.14. The van der Waals surface area contributed by atoms with Gasteiger partial charge in [-0.25, -0.2) is 0 Å². The number of halogens is 2. The highest BCUT2D eigenvalue weighted by atomic mass is 79.9. The van der Waals surface area contributed by atoms with Gasteiger partial charge in [0.25, 0.3) is 0 Å². The zero-order valence-corrected chi connectivity index (χ0v) is 13.8. The maximum atomic E-state index is 11.5. The maximum Gasteiger partial charge on any atom is 0.220 e. The molecule has 0 radical (unpaired) electrons. The molecule has 1 fully saturated rings. The van der Waals surface area contributed by atoms with Gasteiger partial charge in [-0.1, -0.05) is 13.8 Å². The lowest BCUT2D eigenvalue weighted by Gasteiger charge is -2.33. The number of nitrogens with one attached hydrogen (secondary N) is 1. The fourth-order valence-corrected chi connectivity index (χ4v) is 4.60. The van der Waals surface area contributed by atoms with Gasteiger partial charge < -0.3 is 5.32 Å². The van der Waals surface area contributed by atoms with E-state index in [-0.39, 0.29) is 11.4 Å². The highest BCUT2D eigenvalue weighted by molar-refractivity contribution is 9.13. The molecule has 2 rings (SSSR count). The predicted molar refractivity (Wildman–Crippen MR) is 78.4 cm³/mol. The molecule has 2 nitrogen and oxygen atoms in total. The Morgan fingerprint density at radius 1 is 1.53 bits per heavy atom. The van der Waals surface area contributed by atoms with Gasteiger partial charge in [0, 0.05) is 27.7 Å². The van der Waals surface area contributed by atoms with Gasteiger partial charge >= 0.3 is 0 Å². The summed E-state index contributed by atoms with van der Waals surface area (Å²) in [4.78, 5) is 12.8. The molecule has 0 saturated carbocycles. The second kappa shape index (κ2) is 5.02. The van der Waals surface area contributed by atoms with Crippen molar-refractivity contribution in [2.24, 2.45) is 5.92 Å². The summed E-state index contributed by atoms with van der Waals surface area (Å²) in [7, 11) is 0. The number of thiophene rings is 1. The van der Waals surface area contributed by atoms with Gasteiger partial charge in [-0.05, 0) is 50.3 Å².